The standard InChI is InChI=1S/C20H31F2N3O6/c1-11(2)9-14(25-19(30)31-13-3-6-20(21,22)7-4-13)17(27)24-15(18(28)29)10-12-5-8-23-16(12)26/h11-15H,3-10H2,1-2H3,(H,23,26)(H,24,27)(H,25,30)(H,28,29)/t12-,14?,15?/m0/s1. The van der Waals surface area contributed by atoms with Crippen LogP contribution in [0.2, 0.25) is 0 Å². The van der Waals surface area contributed by atoms with Crippen molar-refractivity contribution in [2.45, 2.75) is 82.9 Å². The van der Waals surface area contributed by atoms with Gasteiger partial charge in [0.15, 0.2) is 0 Å². The maximum Gasteiger partial charge on any atom is 0.408 e. The number of amides is 3. The molecular formula is C20H31F2N3O6. The molecule has 0 bridgehead atoms. The van der Waals surface area contributed by atoms with Gasteiger partial charge < -0.3 is 25.8 Å². The Bertz CT molecular complexity index is 678. The molecule has 1 aliphatic carbocycles. The van der Waals surface area contributed by atoms with Gasteiger partial charge in [-0.2, -0.15) is 0 Å². The Morgan fingerprint density at radius 2 is 1.81 bits per heavy atom. The summed E-state index contributed by atoms with van der Waals surface area (Å²) in [5.41, 5.74) is 0. The number of carbonyl (C=O) groups excluding carboxylic acids is 3. The number of alkyl carbamates (subject to hydrolysis) is 1. The number of carbonyl (C=O) groups is 4. The quantitative estimate of drug-likeness (QED) is 0.426. The normalized spacial score (nSPS) is 23.0. The SMILES string of the molecule is CC(C)CC(NC(=O)OC1CCC(F)(F)CC1)C(=O)NC(C[C@@H]1CCNC1=O)C(=O)O. The van der Waals surface area contributed by atoms with Gasteiger partial charge in [0, 0.05) is 25.3 Å². The molecule has 1 heterocycles. The van der Waals surface area contributed by atoms with Crippen LogP contribution >= 0.6 is 0 Å². The van der Waals surface area contributed by atoms with Crippen LogP contribution in [0.4, 0.5) is 13.6 Å². The van der Waals surface area contributed by atoms with Gasteiger partial charge in [0.1, 0.15) is 18.2 Å². The van der Waals surface area contributed by atoms with Crippen LogP contribution in [-0.2, 0) is 19.1 Å². The third kappa shape index (κ3) is 7.95. The van der Waals surface area contributed by atoms with Crippen molar-refractivity contribution in [1.82, 2.24) is 16.0 Å². The largest absolute Gasteiger partial charge is 0.480 e. The lowest BCUT2D eigenvalue weighted by Crippen LogP contribution is -2.53. The van der Waals surface area contributed by atoms with Crippen LogP contribution in [0, 0.1) is 11.8 Å². The van der Waals surface area contributed by atoms with E-state index in [0.717, 1.165) is 0 Å². The highest BCUT2D eigenvalue weighted by Crippen LogP contribution is 2.34. The monoisotopic (exact) mass is 447 g/mol. The van der Waals surface area contributed by atoms with E-state index in [9.17, 15) is 33.1 Å². The molecule has 1 saturated heterocycles. The zero-order valence-electron chi connectivity index (χ0n) is 17.8. The van der Waals surface area contributed by atoms with Gasteiger partial charge in [-0.05, 0) is 38.0 Å². The Morgan fingerprint density at radius 1 is 1.16 bits per heavy atom. The van der Waals surface area contributed by atoms with Crippen LogP contribution in [0.5, 0.6) is 0 Å². The molecule has 4 N–H and O–H groups in total. The molecule has 2 aliphatic rings. The average molecular weight is 447 g/mol. The van der Waals surface area contributed by atoms with Crippen LogP contribution in [0.1, 0.15) is 58.8 Å². The fraction of sp³-hybridized carbons (Fsp3) is 0.800. The summed E-state index contributed by atoms with van der Waals surface area (Å²) in [6.45, 7) is 4.11. The van der Waals surface area contributed by atoms with E-state index in [-0.39, 0.29) is 50.4 Å². The molecule has 0 aromatic rings. The van der Waals surface area contributed by atoms with E-state index in [0.29, 0.717) is 13.0 Å². The van der Waals surface area contributed by atoms with E-state index in [2.05, 4.69) is 16.0 Å². The molecule has 9 nitrogen and oxygen atoms in total. The van der Waals surface area contributed by atoms with Gasteiger partial charge in [-0.15, -0.1) is 0 Å². The first-order valence-corrected chi connectivity index (χ1v) is 10.6. The summed E-state index contributed by atoms with van der Waals surface area (Å²) in [7, 11) is 0. The van der Waals surface area contributed by atoms with Crippen molar-refractivity contribution < 1.29 is 37.8 Å². The zero-order valence-corrected chi connectivity index (χ0v) is 17.8. The lowest BCUT2D eigenvalue weighted by molar-refractivity contribution is -0.143. The summed E-state index contributed by atoms with van der Waals surface area (Å²) in [5.74, 6) is -5.49. The van der Waals surface area contributed by atoms with Gasteiger partial charge in [0.2, 0.25) is 17.7 Å². The summed E-state index contributed by atoms with van der Waals surface area (Å²) in [5, 5.41) is 16.9. The first kappa shape index (κ1) is 24.8. The van der Waals surface area contributed by atoms with Crippen molar-refractivity contribution in [2.75, 3.05) is 6.54 Å². The van der Waals surface area contributed by atoms with Gasteiger partial charge in [0.25, 0.3) is 0 Å². The summed E-state index contributed by atoms with van der Waals surface area (Å²) >= 11 is 0. The van der Waals surface area contributed by atoms with Crippen LogP contribution in [-0.4, -0.2) is 59.6 Å². The second kappa shape index (κ2) is 10.7. The molecule has 0 aromatic heterocycles. The lowest BCUT2D eigenvalue weighted by atomic mass is 9.94. The number of ether oxygens (including phenoxy) is 1. The Kier molecular flexibility index (Phi) is 8.58. The first-order valence-electron chi connectivity index (χ1n) is 10.6. The summed E-state index contributed by atoms with van der Waals surface area (Å²) in [6.07, 6.45) is -1.57. The van der Waals surface area contributed by atoms with Crippen molar-refractivity contribution in [3.05, 3.63) is 0 Å². The number of alkyl halides is 2. The van der Waals surface area contributed by atoms with E-state index >= 15 is 0 Å². The van der Waals surface area contributed by atoms with E-state index in [1.54, 1.807) is 0 Å². The van der Waals surface area contributed by atoms with Crippen molar-refractivity contribution >= 4 is 23.9 Å². The highest BCUT2D eigenvalue weighted by atomic mass is 19.3. The number of rotatable bonds is 9. The Balaban J connectivity index is 1.94. The summed E-state index contributed by atoms with van der Waals surface area (Å²) in [4.78, 5) is 48.3. The molecule has 176 valence electrons. The second-order valence-corrected chi connectivity index (χ2v) is 8.70. The minimum Gasteiger partial charge on any atom is -0.480 e. The number of hydrogen-bond acceptors (Lipinski definition) is 5. The van der Waals surface area contributed by atoms with Gasteiger partial charge >= 0.3 is 12.1 Å². The average Bonchev–Trinajstić information content (AvgIpc) is 3.06. The minimum atomic E-state index is -2.75. The molecule has 3 amide bonds. The molecule has 3 atom stereocenters. The van der Waals surface area contributed by atoms with Crippen molar-refractivity contribution in [2.24, 2.45) is 11.8 Å². The van der Waals surface area contributed by atoms with E-state index < -0.39 is 48.0 Å². The number of carboxylic acids is 1. The van der Waals surface area contributed by atoms with Gasteiger partial charge in [0.05, 0.1) is 0 Å². The predicted molar refractivity (Wildman–Crippen MR) is 105 cm³/mol. The first-order chi connectivity index (χ1) is 14.5. The molecular weight excluding hydrogens is 416 g/mol. The Hall–Kier alpha value is -2.46. The highest BCUT2D eigenvalue weighted by Gasteiger charge is 2.37. The van der Waals surface area contributed by atoms with E-state index in [1.165, 1.54) is 0 Å². The lowest BCUT2D eigenvalue weighted by Gasteiger charge is -2.29. The predicted octanol–water partition coefficient (Wildman–Crippen LogP) is 1.80. The zero-order chi connectivity index (χ0) is 23.2. The van der Waals surface area contributed by atoms with Crippen LogP contribution < -0.4 is 16.0 Å². The fourth-order valence-corrected chi connectivity index (χ4v) is 3.81. The third-order valence-corrected chi connectivity index (χ3v) is 5.55. The molecule has 0 radical (unpaired) electrons. The molecule has 2 unspecified atom stereocenters. The van der Waals surface area contributed by atoms with Gasteiger partial charge in [-0.25, -0.2) is 18.4 Å². The number of hydrogen-bond donors (Lipinski definition) is 4. The molecule has 0 aromatic carbocycles. The molecule has 2 rings (SSSR count). The maximum absolute atomic E-state index is 13.2. The smallest absolute Gasteiger partial charge is 0.408 e. The van der Waals surface area contributed by atoms with E-state index in [1.807, 2.05) is 13.8 Å². The molecule has 31 heavy (non-hydrogen) atoms. The maximum atomic E-state index is 13.2. The Morgan fingerprint density at radius 3 is 2.32 bits per heavy atom. The number of halogens is 2. The highest BCUT2D eigenvalue weighted by molar-refractivity contribution is 5.90. The van der Waals surface area contributed by atoms with Crippen LogP contribution in [0.25, 0.3) is 0 Å². The number of aliphatic carboxylic acids is 1. The van der Waals surface area contributed by atoms with Crippen molar-refractivity contribution in [3.63, 3.8) is 0 Å². The molecule has 2 fully saturated rings. The van der Waals surface area contributed by atoms with Crippen molar-refractivity contribution in [3.8, 4) is 0 Å². The fourth-order valence-electron chi connectivity index (χ4n) is 3.81. The number of carboxylic acid groups (broad SMARTS) is 1. The minimum absolute atomic E-state index is 0.00619. The third-order valence-electron chi connectivity index (χ3n) is 5.55. The van der Waals surface area contributed by atoms with Gasteiger partial charge in [-0.3, -0.25) is 9.59 Å². The molecule has 1 aliphatic heterocycles. The van der Waals surface area contributed by atoms with E-state index in [4.69, 9.17) is 4.74 Å². The topological polar surface area (TPSA) is 134 Å². The molecule has 0 spiro atoms. The number of nitrogens with one attached hydrogen (secondary N) is 3. The molecule has 1 saturated carbocycles. The van der Waals surface area contributed by atoms with Crippen LogP contribution in [0.15, 0.2) is 0 Å². The van der Waals surface area contributed by atoms with Crippen molar-refractivity contribution in [1.29, 1.82) is 0 Å². The van der Waals surface area contributed by atoms with Gasteiger partial charge in [-0.1, -0.05) is 13.8 Å². The summed E-state index contributed by atoms with van der Waals surface area (Å²) in [6, 6.07) is -2.34. The Labute approximate surface area is 179 Å². The molecule has 11 heteroatoms. The second-order valence-electron chi connectivity index (χ2n) is 8.70. The van der Waals surface area contributed by atoms with Crippen LogP contribution in [0.3, 0.4) is 0 Å². The summed E-state index contributed by atoms with van der Waals surface area (Å²) < 4.78 is 31.7.